The Kier molecular flexibility index (Phi) is 4.68. The van der Waals surface area contributed by atoms with Crippen molar-refractivity contribution in [2.24, 2.45) is 7.05 Å². The number of nitrogens with one attached hydrogen (secondary N) is 2. The number of rotatable bonds is 5. The molecule has 1 aromatic rings. The van der Waals surface area contributed by atoms with Crippen LogP contribution >= 0.6 is 11.8 Å². The minimum atomic E-state index is -0.446. The number of hydrogen-bond acceptors (Lipinski definition) is 7. The fourth-order valence-electron chi connectivity index (χ4n) is 1.66. The van der Waals surface area contributed by atoms with Crippen LogP contribution in [-0.2, 0) is 16.6 Å². The number of hydrogen-bond donors (Lipinski definition) is 3. The lowest BCUT2D eigenvalue weighted by molar-refractivity contribution is -0.138. The maximum atomic E-state index is 11.9. The summed E-state index contributed by atoms with van der Waals surface area (Å²) in [5, 5.41) is 13.4. The van der Waals surface area contributed by atoms with Crippen LogP contribution in [0.1, 0.15) is 6.92 Å². The average Bonchev–Trinajstić information content (AvgIpc) is 2.77. The lowest BCUT2D eigenvalue weighted by Gasteiger charge is -2.20. The Labute approximate surface area is 125 Å². The SMILES string of the molecule is CCOC(=O)C1=C(CSc2nnc(N)n2C)NC(=O)NC1. The second kappa shape index (κ2) is 6.48. The third-order valence-corrected chi connectivity index (χ3v) is 3.84. The first-order chi connectivity index (χ1) is 10.0. The van der Waals surface area contributed by atoms with Crippen molar-refractivity contribution in [2.45, 2.75) is 12.1 Å². The first-order valence-electron chi connectivity index (χ1n) is 6.24. The summed E-state index contributed by atoms with van der Waals surface area (Å²) in [5.74, 6) is 0.206. The molecule has 1 aliphatic heterocycles. The van der Waals surface area contributed by atoms with Gasteiger partial charge in [0.05, 0.1) is 18.7 Å². The molecule has 4 N–H and O–H groups in total. The number of esters is 1. The maximum absolute atomic E-state index is 11.9. The van der Waals surface area contributed by atoms with Gasteiger partial charge in [-0.3, -0.25) is 4.57 Å². The van der Waals surface area contributed by atoms with Crippen molar-refractivity contribution in [1.82, 2.24) is 25.4 Å². The van der Waals surface area contributed by atoms with Crippen molar-refractivity contribution in [3.8, 4) is 0 Å². The minimum Gasteiger partial charge on any atom is -0.463 e. The average molecular weight is 312 g/mol. The van der Waals surface area contributed by atoms with E-state index < -0.39 is 5.97 Å². The largest absolute Gasteiger partial charge is 0.463 e. The molecular weight excluding hydrogens is 296 g/mol. The van der Waals surface area contributed by atoms with Crippen LogP contribution in [0, 0.1) is 0 Å². The monoisotopic (exact) mass is 312 g/mol. The summed E-state index contributed by atoms with van der Waals surface area (Å²) >= 11 is 1.32. The number of carbonyl (C=O) groups is 2. The molecule has 1 aliphatic rings. The second-order valence-electron chi connectivity index (χ2n) is 4.17. The molecule has 0 spiro atoms. The molecule has 9 nitrogen and oxygen atoms in total. The van der Waals surface area contributed by atoms with Crippen LogP contribution in [0.2, 0.25) is 0 Å². The van der Waals surface area contributed by atoms with Gasteiger partial charge in [0.25, 0.3) is 0 Å². The number of nitrogen functional groups attached to an aromatic ring is 1. The molecule has 0 atom stereocenters. The van der Waals surface area contributed by atoms with Crippen LogP contribution in [0.4, 0.5) is 10.7 Å². The number of thioether (sulfide) groups is 1. The zero-order valence-corrected chi connectivity index (χ0v) is 12.5. The summed E-state index contributed by atoms with van der Waals surface area (Å²) in [6, 6.07) is -0.351. The van der Waals surface area contributed by atoms with Gasteiger partial charge in [0.1, 0.15) is 0 Å². The Morgan fingerprint density at radius 2 is 2.29 bits per heavy atom. The number of ether oxygens (including phenoxy) is 1. The number of aromatic nitrogens is 3. The predicted molar refractivity (Wildman–Crippen MR) is 76.3 cm³/mol. The van der Waals surface area contributed by atoms with Gasteiger partial charge in [0, 0.05) is 18.5 Å². The first kappa shape index (κ1) is 15.2. The van der Waals surface area contributed by atoms with Crippen molar-refractivity contribution in [3.63, 3.8) is 0 Å². The molecule has 0 saturated carbocycles. The van der Waals surface area contributed by atoms with Crippen molar-refractivity contribution in [2.75, 3.05) is 24.6 Å². The lowest BCUT2D eigenvalue weighted by Crippen LogP contribution is -2.44. The van der Waals surface area contributed by atoms with Gasteiger partial charge in [-0.15, -0.1) is 10.2 Å². The highest BCUT2D eigenvalue weighted by molar-refractivity contribution is 7.99. The second-order valence-corrected chi connectivity index (χ2v) is 5.12. The van der Waals surface area contributed by atoms with E-state index in [0.717, 1.165) is 0 Å². The smallest absolute Gasteiger partial charge is 0.337 e. The van der Waals surface area contributed by atoms with Crippen LogP contribution in [0.25, 0.3) is 0 Å². The van der Waals surface area contributed by atoms with Gasteiger partial charge < -0.3 is 21.1 Å². The summed E-state index contributed by atoms with van der Waals surface area (Å²) in [4.78, 5) is 23.3. The molecule has 0 bridgehead atoms. The molecule has 0 saturated heterocycles. The summed E-state index contributed by atoms with van der Waals surface area (Å²) in [5.41, 5.74) is 6.50. The number of amides is 2. The van der Waals surface area contributed by atoms with E-state index >= 15 is 0 Å². The Morgan fingerprint density at radius 3 is 2.90 bits per heavy atom. The number of nitrogens with two attached hydrogens (primary N) is 1. The van der Waals surface area contributed by atoms with E-state index in [2.05, 4.69) is 20.8 Å². The zero-order chi connectivity index (χ0) is 15.4. The Morgan fingerprint density at radius 1 is 1.52 bits per heavy atom. The van der Waals surface area contributed by atoms with Gasteiger partial charge in [-0.25, -0.2) is 9.59 Å². The first-order valence-corrected chi connectivity index (χ1v) is 7.23. The van der Waals surface area contributed by atoms with Gasteiger partial charge in [-0.2, -0.15) is 0 Å². The Bertz CT molecular complexity index is 597. The minimum absolute atomic E-state index is 0.140. The Hall–Kier alpha value is -2.23. The standard InChI is InChI=1S/C11H16N6O3S/c1-3-20-8(18)6-4-13-10(19)14-7(6)5-21-11-16-15-9(12)17(11)2/h3-5H2,1-2H3,(H2,12,15)(H2,13,14,19). The summed E-state index contributed by atoms with van der Waals surface area (Å²) in [6.07, 6.45) is 0. The number of anilines is 1. The van der Waals surface area contributed by atoms with Crippen molar-refractivity contribution < 1.29 is 14.3 Å². The van der Waals surface area contributed by atoms with Crippen molar-refractivity contribution >= 4 is 29.7 Å². The van der Waals surface area contributed by atoms with Crippen LogP contribution in [0.15, 0.2) is 16.4 Å². The summed E-state index contributed by atoms with van der Waals surface area (Å²) in [6.45, 7) is 2.14. The molecule has 2 heterocycles. The van der Waals surface area contributed by atoms with Gasteiger partial charge in [-0.05, 0) is 6.92 Å². The number of carbonyl (C=O) groups excluding carboxylic acids is 2. The molecule has 21 heavy (non-hydrogen) atoms. The molecule has 0 aliphatic carbocycles. The van der Waals surface area contributed by atoms with E-state index in [4.69, 9.17) is 10.5 Å². The van der Waals surface area contributed by atoms with Crippen LogP contribution in [0.3, 0.4) is 0 Å². The molecule has 0 radical (unpaired) electrons. The predicted octanol–water partition coefficient (Wildman–Crippen LogP) is -0.381. The summed E-state index contributed by atoms with van der Waals surface area (Å²) in [7, 11) is 1.74. The fraction of sp³-hybridized carbons (Fsp3) is 0.455. The lowest BCUT2D eigenvalue weighted by atomic mass is 10.2. The van der Waals surface area contributed by atoms with Gasteiger partial charge in [0.2, 0.25) is 5.95 Å². The zero-order valence-electron chi connectivity index (χ0n) is 11.7. The van der Waals surface area contributed by atoms with Crippen molar-refractivity contribution in [1.29, 1.82) is 0 Å². The number of urea groups is 1. The van der Waals surface area contributed by atoms with Gasteiger partial charge >= 0.3 is 12.0 Å². The molecule has 10 heteroatoms. The van der Waals surface area contributed by atoms with E-state index in [9.17, 15) is 9.59 Å². The topological polar surface area (TPSA) is 124 Å². The van der Waals surface area contributed by atoms with Crippen LogP contribution < -0.4 is 16.4 Å². The highest BCUT2D eigenvalue weighted by Crippen LogP contribution is 2.21. The summed E-state index contributed by atoms with van der Waals surface area (Å²) < 4.78 is 6.60. The molecule has 0 fully saturated rings. The quantitative estimate of drug-likeness (QED) is 0.500. The third kappa shape index (κ3) is 3.45. The Balaban J connectivity index is 2.14. The van der Waals surface area contributed by atoms with Crippen LogP contribution in [0.5, 0.6) is 0 Å². The highest BCUT2D eigenvalue weighted by atomic mass is 32.2. The van der Waals surface area contributed by atoms with E-state index in [-0.39, 0.29) is 19.2 Å². The van der Waals surface area contributed by atoms with E-state index in [1.165, 1.54) is 11.8 Å². The van der Waals surface area contributed by atoms with Crippen molar-refractivity contribution in [3.05, 3.63) is 11.3 Å². The normalized spacial score (nSPS) is 14.7. The molecule has 0 aromatic carbocycles. The molecule has 114 valence electrons. The van der Waals surface area contributed by atoms with E-state index in [1.807, 2.05) is 0 Å². The molecule has 1 aromatic heterocycles. The third-order valence-electron chi connectivity index (χ3n) is 2.79. The van der Waals surface area contributed by atoms with Crippen LogP contribution in [-0.4, -0.2) is 45.7 Å². The maximum Gasteiger partial charge on any atom is 0.337 e. The molecule has 0 unspecified atom stereocenters. The number of nitrogens with zero attached hydrogens (tertiary/aromatic N) is 3. The van der Waals surface area contributed by atoms with E-state index in [1.54, 1.807) is 18.5 Å². The molecule has 2 rings (SSSR count). The fourth-order valence-corrected chi connectivity index (χ4v) is 2.56. The highest BCUT2D eigenvalue weighted by Gasteiger charge is 2.24. The van der Waals surface area contributed by atoms with Gasteiger partial charge in [0.15, 0.2) is 5.16 Å². The van der Waals surface area contributed by atoms with Gasteiger partial charge in [-0.1, -0.05) is 11.8 Å². The molecular formula is C11H16N6O3S. The molecule has 2 amide bonds. The van der Waals surface area contributed by atoms with E-state index in [0.29, 0.717) is 28.1 Å².